The number of nitrogens with zero attached hydrogens (tertiary/aromatic N) is 3. The molecule has 0 aliphatic carbocycles. The molecule has 0 spiro atoms. The molecular weight excluding hydrogens is 457 g/mol. The van der Waals surface area contributed by atoms with Crippen LogP contribution in [0.15, 0.2) is 65.9 Å². The Kier molecular flexibility index (Phi) is 10.8. The zero-order valence-corrected chi connectivity index (χ0v) is 20.8. The highest BCUT2D eigenvalue weighted by molar-refractivity contribution is 5.90. The minimum atomic E-state index is -0.419. The van der Waals surface area contributed by atoms with Crippen LogP contribution in [-0.2, 0) is 9.59 Å². The van der Waals surface area contributed by atoms with Crippen LogP contribution < -0.4 is 10.7 Å². The number of unbranched alkanes of at least 4 members (excludes halogenated alkanes) is 6. The molecule has 2 N–H and O–H groups in total. The number of nitrogens with one attached hydrogen (secondary N) is 2. The van der Waals surface area contributed by atoms with Gasteiger partial charge < -0.3 is 5.32 Å². The van der Waals surface area contributed by atoms with Gasteiger partial charge in [-0.05, 0) is 42.8 Å². The average molecular weight is 492 g/mol. The molecule has 0 fully saturated rings. The van der Waals surface area contributed by atoms with Gasteiger partial charge in [0.2, 0.25) is 5.91 Å². The van der Waals surface area contributed by atoms with Gasteiger partial charge in [0.1, 0.15) is 11.5 Å². The largest absolute Gasteiger partial charge is 0.347 e. The summed E-state index contributed by atoms with van der Waals surface area (Å²) < 4.78 is 15.1. The minimum Gasteiger partial charge on any atom is -0.347 e. The Labute approximate surface area is 211 Å². The Hall–Kier alpha value is -3.81. The zero-order chi connectivity index (χ0) is 25.6. The summed E-state index contributed by atoms with van der Waals surface area (Å²) in [5.74, 6) is -0.888. The quantitative estimate of drug-likeness (QED) is 0.180. The van der Waals surface area contributed by atoms with E-state index in [0.29, 0.717) is 17.7 Å². The molecule has 1 aromatic heterocycles. The van der Waals surface area contributed by atoms with Crippen molar-refractivity contribution in [1.82, 2.24) is 20.5 Å². The van der Waals surface area contributed by atoms with Crippen LogP contribution in [0.1, 0.15) is 63.9 Å². The molecule has 0 bridgehead atoms. The molecule has 0 saturated carbocycles. The molecule has 0 unspecified atom stereocenters. The number of hydrogen-bond donors (Lipinski definition) is 2. The van der Waals surface area contributed by atoms with Crippen molar-refractivity contribution in [2.45, 2.75) is 58.3 Å². The maximum Gasteiger partial charge on any atom is 0.259 e. The number of carbonyl (C=O) groups excluding carboxylic acids is 2. The molecular formula is C28H34FN5O2. The van der Waals surface area contributed by atoms with Crippen LogP contribution in [-0.4, -0.2) is 34.4 Å². The summed E-state index contributed by atoms with van der Waals surface area (Å²) in [6.07, 6.45) is 11.6. The molecule has 2 aromatic carbocycles. The number of halogens is 1. The van der Waals surface area contributed by atoms with Crippen LogP contribution >= 0.6 is 0 Å². The van der Waals surface area contributed by atoms with Crippen molar-refractivity contribution in [3.8, 4) is 16.9 Å². The topological polar surface area (TPSA) is 88.4 Å². The van der Waals surface area contributed by atoms with Crippen molar-refractivity contribution in [1.29, 1.82) is 0 Å². The Morgan fingerprint density at radius 3 is 2.36 bits per heavy atom. The van der Waals surface area contributed by atoms with E-state index in [-0.39, 0.29) is 18.3 Å². The molecule has 0 radical (unpaired) electrons. The molecule has 0 saturated heterocycles. The van der Waals surface area contributed by atoms with Gasteiger partial charge in [0, 0.05) is 23.7 Å². The minimum absolute atomic E-state index is 0.134. The van der Waals surface area contributed by atoms with Crippen LogP contribution in [0, 0.1) is 5.82 Å². The van der Waals surface area contributed by atoms with Crippen molar-refractivity contribution in [2.75, 3.05) is 6.54 Å². The van der Waals surface area contributed by atoms with E-state index < -0.39 is 5.91 Å². The van der Waals surface area contributed by atoms with Crippen LogP contribution in [0.5, 0.6) is 0 Å². The number of hydrogen-bond acceptors (Lipinski definition) is 4. The molecule has 2 amide bonds. The highest BCUT2D eigenvalue weighted by atomic mass is 19.1. The average Bonchev–Trinajstić information content (AvgIpc) is 3.32. The van der Waals surface area contributed by atoms with Crippen molar-refractivity contribution in [3.63, 3.8) is 0 Å². The third-order valence-corrected chi connectivity index (χ3v) is 5.73. The lowest BCUT2D eigenvalue weighted by Crippen LogP contribution is -2.34. The molecule has 1 heterocycles. The highest BCUT2D eigenvalue weighted by Gasteiger charge is 2.12. The molecule has 0 aliphatic heterocycles. The predicted octanol–water partition coefficient (Wildman–Crippen LogP) is 5.39. The molecule has 7 nitrogen and oxygen atoms in total. The number of hydrazone groups is 1. The van der Waals surface area contributed by atoms with E-state index in [0.717, 1.165) is 30.5 Å². The van der Waals surface area contributed by atoms with Gasteiger partial charge in [-0.15, -0.1) is 0 Å². The molecule has 3 rings (SSSR count). The zero-order valence-electron chi connectivity index (χ0n) is 20.8. The van der Waals surface area contributed by atoms with Crippen LogP contribution in [0.2, 0.25) is 0 Å². The second-order valence-electron chi connectivity index (χ2n) is 8.66. The first-order valence-electron chi connectivity index (χ1n) is 12.6. The fourth-order valence-electron chi connectivity index (χ4n) is 3.75. The summed E-state index contributed by atoms with van der Waals surface area (Å²) in [6.45, 7) is 2.05. The molecule has 36 heavy (non-hydrogen) atoms. The van der Waals surface area contributed by atoms with Crippen LogP contribution in [0.4, 0.5) is 4.39 Å². The lowest BCUT2D eigenvalue weighted by molar-refractivity contribution is -0.126. The number of rotatable bonds is 14. The van der Waals surface area contributed by atoms with Gasteiger partial charge in [0.05, 0.1) is 18.4 Å². The van der Waals surface area contributed by atoms with E-state index in [1.807, 2.05) is 30.3 Å². The second kappa shape index (κ2) is 14.6. The number of aromatic nitrogens is 2. The lowest BCUT2D eigenvalue weighted by Gasteiger charge is -2.04. The second-order valence-corrected chi connectivity index (χ2v) is 8.66. The fraction of sp³-hybridized carbons (Fsp3) is 0.357. The Morgan fingerprint density at radius 1 is 0.944 bits per heavy atom. The molecule has 0 aliphatic rings. The molecule has 190 valence electrons. The predicted molar refractivity (Wildman–Crippen MR) is 140 cm³/mol. The van der Waals surface area contributed by atoms with E-state index in [1.54, 1.807) is 23.0 Å². The summed E-state index contributed by atoms with van der Waals surface area (Å²) in [6, 6.07) is 15.6. The first-order chi connectivity index (χ1) is 17.6. The summed E-state index contributed by atoms with van der Waals surface area (Å²) >= 11 is 0. The summed E-state index contributed by atoms with van der Waals surface area (Å²) in [4.78, 5) is 24.1. The van der Waals surface area contributed by atoms with E-state index in [2.05, 4.69) is 27.9 Å². The third kappa shape index (κ3) is 8.76. The fourth-order valence-corrected chi connectivity index (χ4v) is 3.75. The Bertz CT molecular complexity index is 1130. The number of carbonyl (C=O) groups is 2. The van der Waals surface area contributed by atoms with Crippen molar-refractivity contribution in [3.05, 3.63) is 72.2 Å². The standard InChI is InChI=1S/C28H34FN5O2/c1-2-3-4-5-6-7-11-14-26(35)30-20-27(36)32-31-19-23-21-34(25-12-9-8-10-13-25)33-28(23)22-15-17-24(29)18-16-22/h8-10,12-13,15-19,21H,2-7,11,14,20H2,1H3,(H,30,35)(H,32,36). The van der Waals surface area contributed by atoms with Gasteiger partial charge in [-0.2, -0.15) is 10.2 Å². The van der Waals surface area contributed by atoms with Gasteiger partial charge in [0.25, 0.3) is 5.91 Å². The van der Waals surface area contributed by atoms with E-state index in [1.165, 1.54) is 44.0 Å². The SMILES string of the molecule is CCCCCCCCCC(=O)NCC(=O)NN=Cc1cn(-c2ccccc2)nc1-c1ccc(F)cc1. The van der Waals surface area contributed by atoms with Gasteiger partial charge >= 0.3 is 0 Å². The van der Waals surface area contributed by atoms with Gasteiger partial charge in [0.15, 0.2) is 0 Å². The van der Waals surface area contributed by atoms with Crippen LogP contribution in [0.3, 0.4) is 0 Å². The van der Waals surface area contributed by atoms with Gasteiger partial charge in [-0.1, -0.05) is 63.6 Å². The third-order valence-electron chi connectivity index (χ3n) is 5.73. The number of benzene rings is 2. The Morgan fingerprint density at radius 2 is 1.64 bits per heavy atom. The van der Waals surface area contributed by atoms with Crippen molar-refractivity contribution < 1.29 is 14.0 Å². The molecule has 3 aromatic rings. The summed E-state index contributed by atoms with van der Waals surface area (Å²) in [5.41, 5.74) is 5.26. The lowest BCUT2D eigenvalue weighted by atomic mass is 10.1. The first kappa shape index (κ1) is 26.8. The monoisotopic (exact) mass is 491 g/mol. The summed E-state index contributed by atoms with van der Waals surface area (Å²) in [7, 11) is 0. The van der Waals surface area contributed by atoms with E-state index in [4.69, 9.17) is 0 Å². The van der Waals surface area contributed by atoms with E-state index in [9.17, 15) is 14.0 Å². The molecule has 8 heteroatoms. The Balaban J connectivity index is 1.52. The highest BCUT2D eigenvalue weighted by Crippen LogP contribution is 2.23. The van der Waals surface area contributed by atoms with E-state index >= 15 is 0 Å². The van der Waals surface area contributed by atoms with Crippen molar-refractivity contribution >= 4 is 18.0 Å². The smallest absolute Gasteiger partial charge is 0.259 e. The maximum atomic E-state index is 13.4. The van der Waals surface area contributed by atoms with Crippen molar-refractivity contribution in [2.24, 2.45) is 5.10 Å². The van der Waals surface area contributed by atoms with Gasteiger partial charge in [-0.3, -0.25) is 9.59 Å². The van der Waals surface area contributed by atoms with Gasteiger partial charge in [-0.25, -0.2) is 14.5 Å². The molecule has 0 atom stereocenters. The number of amides is 2. The number of para-hydroxylation sites is 1. The van der Waals surface area contributed by atoms with Crippen LogP contribution in [0.25, 0.3) is 16.9 Å². The summed E-state index contributed by atoms with van der Waals surface area (Å²) in [5, 5.41) is 11.3. The maximum absolute atomic E-state index is 13.4. The normalized spacial score (nSPS) is 11.1. The first-order valence-corrected chi connectivity index (χ1v) is 12.6.